The fourth-order valence-electron chi connectivity index (χ4n) is 2.87. The van der Waals surface area contributed by atoms with E-state index in [0.717, 1.165) is 24.2 Å². The van der Waals surface area contributed by atoms with Gasteiger partial charge < -0.3 is 15.0 Å². The number of benzene rings is 1. The highest BCUT2D eigenvalue weighted by molar-refractivity contribution is 6.30. The summed E-state index contributed by atoms with van der Waals surface area (Å²) in [4.78, 5) is 18.7. The number of carbonyl (C=O) groups excluding carboxylic acids is 1. The molecule has 1 fully saturated rings. The number of ether oxygens (including phenoxy) is 1. The molecule has 5 nitrogen and oxygen atoms in total. The van der Waals surface area contributed by atoms with E-state index >= 15 is 0 Å². The molecule has 0 spiro atoms. The average Bonchev–Trinajstić information content (AvgIpc) is 2.61. The molecule has 1 aliphatic rings. The molecule has 1 atom stereocenters. The fourth-order valence-corrected chi connectivity index (χ4v) is 3.10. The molecule has 1 amide bonds. The van der Waals surface area contributed by atoms with E-state index < -0.39 is 0 Å². The van der Waals surface area contributed by atoms with Crippen LogP contribution in [0.25, 0.3) is 0 Å². The minimum absolute atomic E-state index is 0. The predicted octanol–water partition coefficient (Wildman–Crippen LogP) is 3.02. The van der Waals surface area contributed by atoms with Crippen LogP contribution in [-0.4, -0.2) is 42.0 Å². The molecule has 0 bridgehead atoms. The number of aromatic nitrogens is 1. The Morgan fingerprint density at radius 1 is 1.44 bits per heavy atom. The molecule has 3 rings (SSSR count). The number of pyridine rings is 1. The summed E-state index contributed by atoms with van der Waals surface area (Å²) < 4.78 is 5.71. The molecule has 1 aromatic carbocycles. The molecule has 1 saturated heterocycles. The van der Waals surface area contributed by atoms with E-state index in [1.54, 1.807) is 18.3 Å². The van der Waals surface area contributed by atoms with Crippen LogP contribution in [0.2, 0.25) is 5.02 Å². The Hall–Kier alpha value is -1.82. The van der Waals surface area contributed by atoms with E-state index in [2.05, 4.69) is 10.3 Å². The Balaban J connectivity index is 0.00000225. The third-order valence-electron chi connectivity index (χ3n) is 4.12. The third kappa shape index (κ3) is 4.84. The Labute approximate surface area is 158 Å². The van der Waals surface area contributed by atoms with Gasteiger partial charge in [-0.05, 0) is 42.3 Å². The van der Waals surface area contributed by atoms with Gasteiger partial charge in [-0.1, -0.05) is 17.7 Å². The van der Waals surface area contributed by atoms with Crippen LogP contribution in [-0.2, 0) is 4.79 Å². The largest absolute Gasteiger partial charge is 0.483 e. The molecule has 0 saturated carbocycles. The summed E-state index contributed by atoms with van der Waals surface area (Å²) in [5, 5.41) is 3.99. The van der Waals surface area contributed by atoms with Crippen LogP contribution in [0.4, 0.5) is 0 Å². The number of carbonyl (C=O) groups is 1. The highest BCUT2D eigenvalue weighted by Gasteiger charge is 2.28. The van der Waals surface area contributed by atoms with Gasteiger partial charge in [-0.2, -0.15) is 0 Å². The van der Waals surface area contributed by atoms with Crippen molar-refractivity contribution in [3.8, 4) is 5.75 Å². The van der Waals surface area contributed by atoms with Crippen LogP contribution in [0.15, 0.2) is 42.7 Å². The van der Waals surface area contributed by atoms with Gasteiger partial charge in [0, 0.05) is 37.1 Å². The lowest BCUT2D eigenvalue weighted by molar-refractivity contribution is -0.136. The number of aryl methyl sites for hydroxylation is 1. The molecule has 1 aromatic heterocycles. The Bertz CT molecular complexity index is 713. The van der Waals surface area contributed by atoms with E-state index in [9.17, 15) is 4.79 Å². The van der Waals surface area contributed by atoms with Gasteiger partial charge in [0.05, 0.1) is 6.04 Å². The first-order chi connectivity index (χ1) is 11.6. The maximum Gasteiger partial charge on any atom is 0.261 e. The summed E-state index contributed by atoms with van der Waals surface area (Å²) in [6, 6.07) is 9.24. The molecule has 25 heavy (non-hydrogen) atoms. The highest BCUT2D eigenvalue weighted by atomic mass is 35.5. The summed E-state index contributed by atoms with van der Waals surface area (Å²) in [6.07, 6.45) is 3.54. The standard InChI is InChI=1S/C18H20ClN3O2.ClH/c1-13-9-15(19)4-5-17(13)24-12-18(23)22-8-7-21-11-16(22)14-3-2-6-20-10-14;/h2-6,9-10,16,21H,7-8,11-12H2,1H3;1H. The molecule has 1 aliphatic heterocycles. The van der Waals surface area contributed by atoms with Crippen molar-refractivity contribution >= 4 is 29.9 Å². The monoisotopic (exact) mass is 381 g/mol. The maximum absolute atomic E-state index is 12.7. The Morgan fingerprint density at radius 3 is 3.00 bits per heavy atom. The van der Waals surface area contributed by atoms with E-state index in [-0.39, 0.29) is 31.0 Å². The van der Waals surface area contributed by atoms with Crippen molar-refractivity contribution in [3.63, 3.8) is 0 Å². The Kier molecular flexibility index (Phi) is 7.05. The smallest absolute Gasteiger partial charge is 0.261 e. The molecule has 1 N–H and O–H groups in total. The summed E-state index contributed by atoms with van der Waals surface area (Å²) in [6.45, 7) is 4.08. The molecule has 7 heteroatoms. The number of hydrogen-bond acceptors (Lipinski definition) is 4. The van der Waals surface area contributed by atoms with E-state index in [4.69, 9.17) is 16.3 Å². The van der Waals surface area contributed by atoms with Gasteiger partial charge in [-0.3, -0.25) is 9.78 Å². The molecule has 2 aromatic rings. The van der Waals surface area contributed by atoms with Gasteiger partial charge in [-0.15, -0.1) is 12.4 Å². The zero-order valence-electron chi connectivity index (χ0n) is 13.9. The molecule has 134 valence electrons. The second-order valence-corrected chi connectivity index (χ2v) is 6.23. The molecule has 1 unspecified atom stereocenters. The van der Waals surface area contributed by atoms with Gasteiger partial charge in [0.2, 0.25) is 0 Å². The van der Waals surface area contributed by atoms with Crippen LogP contribution < -0.4 is 10.1 Å². The lowest BCUT2D eigenvalue weighted by atomic mass is 10.1. The predicted molar refractivity (Wildman–Crippen MR) is 100 cm³/mol. The number of halogens is 2. The number of nitrogens with zero attached hydrogens (tertiary/aromatic N) is 2. The molecular weight excluding hydrogens is 361 g/mol. The topological polar surface area (TPSA) is 54.5 Å². The number of piperazine rings is 1. The zero-order chi connectivity index (χ0) is 16.9. The molecule has 2 heterocycles. The van der Waals surface area contributed by atoms with Crippen molar-refractivity contribution in [2.75, 3.05) is 26.2 Å². The Morgan fingerprint density at radius 2 is 2.28 bits per heavy atom. The zero-order valence-corrected chi connectivity index (χ0v) is 15.5. The van der Waals surface area contributed by atoms with Crippen molar-refractivity contribution in [2.45, 2.75) is 13.0 Å². The first kappa shape index (κ1) is 19.5. The van der Waals surface area contributed by atoms with Crippen molar-refractivity contribution in [1.29, 1.82) is 0 Å². The molecular formula is C18H21Cl2N3O2. The van der Waals surface area contributed by atoms with Crippen molar-refractivity contribution in [3.05, 3.63) is 58.9 Å². The van der Waals surface area contributed by atoms with Crippen molar-refractivity contribution in [1.82, 2.24) is 15.2 Å². The second-order valence-electron chi connectivity index (χ2n) is 5.79. The normalized spacial score (nSPS) is 16.9. The van der Waals surface area contributed by atoms with Gasteiger partial charge in [0.1, 0.15) is 5.75 Å². The van der Waals surface area contributed by atoms with Crippen LogP contribution in [0.5, 0.6) is 5.75 Å². The minimum atomic E-state index is -0.0281. The van der Waals surface area contributed by atoms with Crippen molar-refractivity contribution in [2.24, 2.45) is 0 Å². The lowest BCUT2D eigenvalue weighted by Gasteiger charge is -2.36. The quantitative estimate of drug-likeness (QED) is 0.884. The average molecular weight is 382 g/mol. The lowest BCUT2D eigenvalue weighted by Crippen LogP contribution is -2.50. The summed E-state index contributed by atoms with van der Waals surface area (Å²) in [5.41, 5.74) is 1.94. The van der Waals surface area contributed by atoms with Crippen LogP contribution in [0.1, 0.15) is 17.2 Å². The van der Waals surface area contributed by atoms with Crippen LogP contribution in [0, 0.1) is 6.92 Å². The summed E-state index contributed by atoms with van der Waals surface area (Å²) >= 11 is 5.94. The number of amides is 1. The number of nitrogens with one attached hydrogen (secondary N) is 1. The second kappa shape index (κ2) is 9.04. The third-order valence-corrected chi connectivity index (χ3v) is 4.36. The minimum Gasteiger partial charge on any atom is -0.483 e. The highest BCUT2D eigenvalue weighted by Crippen LogP contribution is 2.24. The molecule has 0 radical (unpaired) electrons. The maximum atomic E-state index is 12.7. The van der Waals surface area contributed by atoms with Gasteiger partial charge in [0.15, 0.2) is 6.61 Å². The SMILES string of the molecule is Cc1cc(Cl)ccc1OCC(=O)N1CCNCC1c1cccnc1.Cl. The van der Waals surface area contributed by atoms with Gasteiger partial charge >= 0.3 is 0 Å². The van der Waals surface area contributed by atoms with Gasteiger partial charge in [-0.25, -0.2) is 0 Å². The van der Waals surface area contributed by atoms with E-state index in [0.29, 0.717) is 17.3 Å². The van der Waals surface area contributed by atoms with Crippen LogP contribution in [0.3, 0.4) is 0 Å². The first-order valence-electron chi connectivity index (χ1n) is 7.94. The number of hydrogen-bond donors (Lipinski definition) is 1. The van der Waals surface area contributed by atoms with Gasteiger partial charge in [0.25, 0.3) is 5.91 Å². The number of rotatable bonds is 4. The van der Waals surface area contributed by atoms with Crippen molar-refractivity contribution < 1.29 is 9.53 Å². The first-order valence-corrected chi connectivity index (χ1v) is 8.32. The summed E-state index contributed by atoms with van der Waals surface area (Å²) in [5.74, 6) is 0.653. The molecule has 0 aliphatic carbocycles. The fraction of sp³-hybridized carbons (Fsp3) is 0.333. The summed E-state index contributed by atoms with van der Waals surface area (Å²) in [7, 11) is 0. The van der Waals surface area contributed by atoms with E-state index in [1.807, 2.05) is 36.2 Å². The van der Waals surface area contributed by atoms with E-state index in [1.165, 1.54) is 0 Å². The van der Waals surface area contributed by atoms with Crippen LogP contribution >= 0.6 is 24.0 Å².